The highest BCUT2D eigenvalue weighted by molar-refractivity contribution is 7.86. The topological polar surface area (TPSA) is 72.8 Å². The van der Waals surface area contributed by atoms with E-state index in [2.05, 4.69) is 0 Å². The third kappa shape index (κ3) is 3.89. The van der Waals surface area contributed by atoms with Gasteiger partial charge < -0.3 is 9.47 Å². The molecule has 102 valence electrons. The maximum atomic E-state index is 11.3. The summed E-state index contributed by atoms with van der Waals surface area (Å²) in [5.41, 5.74) is 0. The molecule has 18 heavy (non-hydrogen) atoms. The number of rotatable bonds is 5. The molecular weight excluding hydrogens is 256 g/mol. The summed E-state index contributed by atoms with van der Waals surface area (Å²) < 4.78 is 42.7. The zero-order valence-electron chi connectivity index (χ0n) is 10.9. The van der Waals surface area contributed by atoms with Gasteiger partial charge in [-0.15, -0.1) is 0 Å². The third-order valence-electron chi connectivity index (χ3n) is 1.94. The van der Waals surface area contributed by atoms with Gasteiger partial charge in [-0.3, -0.25) is 4.55 Å². The highest BCUT2D eigenvalue weighted by atomic mass is 32.2. The summed E-state index contributed by atoms with van der Waals surface area (Å²) in [6.07, 6.45) is -0.362. The van der Waals surface area contributed by atoms with Crippen molar-refractivity contribution in [1.82, 2.24) is 0 Å². The largest absolute Gasteiger partial charge is 0.487 e. The molecule has 5 nitrogen and oxygen atoms in total. The molecule has 0 amide bonds. The van der Waals surface area contributed by atoms with Crippen LogP contribution in [0.25, 0.3) is 0 Å². The van der Waals surface area contributed by atoms with Crippen molar-refractivity contribution in [2.75, 3.05) is 0 Å². The van der Waals surface area contributed by atoms with Crippen molar-refractivity contribution in [1.29, 1.82) is 0 Å². The van der Waals surface area contributed by atoms with Gasteiger partial charge >= 0.3 is 0 Å². The summed E-state index contributed by atoms with van der Waals surface area (Å²) in [5, 5.41) is 0. The van der Waals surface area contributed by atoms with Crippen molar-refractivity contribution in [3.8, 4) is 11.5 Å². The van der Waals surface area contributed by atoms with Crippen LogP contribution in [0, 0.1) is 0 Å². The highest BCUT2D eigenvalue weighted by Gasteiger charge is 2.22. The van der Waals surface area contributed by atoms with Gasteiger partial charge in [0.2, 0.25) is 0 Å². The Labute approximate surface area is 107 Å². The lowest BCUT2D eigenvalue weighted by molar-refractivity contribution is 0.193. The molecule has 0 aliphatic carbocycles. The molecule has 1 aromatic carbocycles. The van der Waals surface area contributed by atoms with Gasteiger partial charge in [-0.1, -0.05) is 6.07 Å². The van der Waals surface area contributed by atoms with Crippen LogP contribution in [0.4, 0.5) is 0 Å². The Hall–Kier alpha value is -1.27. The van der Waals surface area contributed by atoms with E-state index in [9.17, 15) is 13.0 Å². The molecule has 0 saturated carbocycles. The van der Waals surface area contributed by atoms with Crippen LogP contribution in [-0.4, -0.2) is 25.2 Å². The Morgan fingerprint density at radius 2 is 1.61 bits per heavy atom. The Bertz CT molecular complexity index is 505. The van der Waals surface area contributed by atoms with Crippen LogP contribution < -0.4 is 9.47 Å². The summed E-state index contributed by atoms with van der Waals surface area (Å²) in [6, 6.07) is 4.38. The van der Waals surface area contributed by atoms with E-state index in [1.54, 1.807) is 19.9 Å². The molecule has 0 radical (unpaired) electrons. The number of benzene rings is 1. The van der Waals surface area contributed by atoms with E-state index < -0.39 is 10.1 Å². The molecule has 0 fully saturated rings. The van der Waals surface area contributed by atoms with Gasteiger partial charge in [-0.25, -0.2) is 0 Å². The Kier molecular flexibility index (Phi) is 4.59. The first kappa shape index (κ1) is 14.8. The van der Waals surface area contributed by atoms with Gasteiger partial charge in [0.1, 0.15) is 4.90 Å². The van der Waals surface area contributed by atoms with Crippen molar-refractivity contribution < 1.29 is 22.4 Å². The second kappa shape index (κ2) is 5.58. The first-order valence-corrected chi connectivity index (χ1v) is 7.09. The number of hydrogen-bond donors (Lipinski definition) is 1. The minimum atomic E-state index is -4.34. The van der Waals surface area contributed by atoms with Crippen molar-refractivity contribution in [2.45, 2.75) is 44.8 Å². The van der Waals surface area contributed by atoms with E-state index in [4.69, 9.17) is 9.47 Å². The second-order valence-corrected chi connectivity index (χ2v) is 5.78. The van der Waals surface area contributed by atoms with Crippen LogP contribution in [-0.2, 0) is 10.1 Å². The maximum Gasteiger partial charge on any atom is 0.298 e. The molecule has 0 heterocycles. The normalized spacial score (nSPS) is 11.9. The lowest BCUT2D eigenvalue weighted by Gasteiger charge is -2.18. The minimum Gasteiger partial charge on any atom is -0.487 e. The molecule has 1 aromatic rings. The summed E-state index contributed by atoms with van der Waals surface area (Å²) in [5.74, 6) is 0.345. The average Bonchev–Trinajstić information content (AvgIpc) is 2.17. The van der Waals surface area contributed by atoms with Crippen LogP contribution in [0.15, 0.2) is 23.1 Å². The fraction of sp³-hybridized carbons (Fsp3) is 0.500. The van der Waals surface area contributed by atoms with E-state index in [-0.39, 0.29) is 22.9 Å². The number of para-hydroxylation sites is 1. The van der Waals surface area contributed by atoms with Crippen LogP contribution >= 0.6 is 0 Å². The predicted molar refractivity (Wildman–Crippen MR) is 67.8 cm³/mol. The predicted octanol–water partition coefficient (Wildman–Crippen LogP) is 2.51. The quantitative estimate of drug-likeness (QED) is 0.835. The summed E-state index contributed by atoms with van der Waals surface area (Å²) >= 11 is 0. The SMILES string of the molecule is CC(C)Oc1cccc(S(=O)(=O)O)c1OC(C)C. The lowest BCUT2D eigenvalue weighted by Crippen LogP contribution is -2.13. The standard InChI is InChI=1S/C12H18O5S/c1-8(2)16-10-6-5-7-11(18(13,14)15)12(10)17-9(3)4/h5-9H,1-4H3,(H,13,14,15). The van der Waals surface area contributed by atoms with Crippen LogP contribution in [0.2, 0.25) is 0 Å². The molecule has 6 heteroatoms. The lowest BCUT2D eigenvalue weighted by atomic mass is 10.3. The van der Waals surface area contributed by atoms with Crippen LogP contribution in [0.1, 0.15) is 27.7 Å². The Morgan fingerprint density at radius 1 is 1.06 bits per heavy atom. The number of hydrogen-bond acceptors (Lipinski definition) is 4. The minimum absolute atomic E-state index is 0.0451. The van der Waals surface area contributed by atoms with Crippen LogP contribution in [0.3, 0.4) is 0 Å². The zero-order chi connectivity index (χ0) is 13.9. The molecule has 0 bridgehead atoms. The third-order valence-corrected chi connectivity index (χ3v) is 2.81. The second-order valence-electron chi connectivity index (χ2n) is 4.39. The highest BCUT2D eigenvalue weighted by Crippen LogP contribution is 2.35. The van der Waals surface area contributed by atoms with E-state index in [1.165, 1.54) is 12.1 Å². The van der Waals surface area contributed by atoms with Crippen molar-refractivity contribution in [3.63, 3.8) is 0 Å². The van der Waals surface area contributed by atoms with Gasteiger partial charge in [0.15, 0.2) is 11.5 Å². The van der Waals surface area contributed by atoms with Gasteiger partial charge in [0.25, 0.3) is 10.1 Å². The molecule has 0 unspecified atom stereocenters. The Balaban J connectivity index is 3.35. The van der Waals surface area contributed by atoms with Crippen molar-refractivity contribution in [3.05, 3.63) is 18.2 Å². The fourth-order valence-corrected chi connectivity index (χ4v) is 2.03. The monoisotopic (exact) mass is 274 g/mol. The average molecular weight is 274 g/mol. The smallest absolute Gasteiger partial charge is 0.298 e. The molecule has 0 atom stereocenters. The van der Waals surface area contributed by atoms with Gasteiger partial charge in [0.05, 0.1) is 12.2 Å². The Morgan fingerprint density at radius 3 is 2.06 bits per heavy atom. The number of ether oxygens (including phenoxy) is 2. The van der Waals surface area contributed by atoms with Crippen molar-refractivity contribution >= 4 is 10.1 Å². The molecule has 0 saturated heterocycles. The molecule has 0 aliphatic heterocycles. The van der Waals surface area contributed by atoms with E-state index in [1.807, 2.05) is 13.8 Å². The molecule has 0 aromatic heterocycles. The summed E-state index contributed by atoms with van der Waals surface area (Å²) in [6.45, 7) is 7.17. The first-order valence-electron chi connectivity index (χ1n) is 5.65. The molecular formula is C12H18O5S. The zero-order valence-corrected chi connectivity index (χ0v) is 11.7. The van der Waals surface area contributed by atoms with Gasteiger partial charge in [-0.2, -0.15) is 8.42 Å². The molecule has 0 aliphatic rings. The molecule has 1 rings (SSSR count). The van der Waals surface area contributed by atoms with E-state index >= 15 is 0 Å². The molecule has 1 N–H and O–H groups in total. The maximum absolute atomic E-state index is 11.3. The summed E-state index contributed by atoms with van der Waals surface area (Å²) in [7, 11) is -4.34. The fourth-order valence-electron chi connectivity index (χ4n) is 1.40. The van der Waals surface area contributed by atoms with Gasteiger partial charge in [-0.05, 0) is 39.8 Å². The van der Waals surface area contributed by atoms with Crippen molar-refractivity contribution in [2.24, 2.45) is 0 Å². The summed E-state index contributed by atoms with van der Waals surface area (Å²) in [4.78, 5) is -0.283. The first-order chi connectivity index (χ1) is 8.21. The molecule has 0 spiro atoms. The van der Waals surface area contributed by atoms with E-state index in [0.29, 0.717) is 5.75 Å². The van der Waals surface area contributed by atoms with Crippen LogP contribution in [0.5, 0.6) is 11.5 Å². The van der Waals surface area contributed by atoms with E-state index in [0.717, 1.165) is 0 Å². The van der Waals surface area contributed by atoms with Gasteiger partial charge in [0, 0.05) is 0 Å².